The van der Waals surface area contributed by atoms with Gasteiger partial charge in [-0.25, -0.2) is 0 Å². The van der Waals surface area contributed by atoms with Gasteiger partial charge in [-0.2, -0.15) is 8.75 Å². The summed E-state index contributed by atoms with van der Waals surface area (Å²) >= 11 is 16.9. The molecule has 8 rings (SSSR count). The third-order valence-electron chi connectivity index (χ3n) is 7.73. The van der Waals surface area contributed by atoms with Crippen molar-refractivity contribution in [2.45, 2.75) is 0 Å². The molecule has 0 saturated heterocycles. The SMILES string of the molecule is O=Cc1ccc2c(C3=CN=C3c3cccc(-c4cccc(C5=NC=C5c5nsc6cc(C=O)ccc56)c4Cl)c3Cl)nsc2c1. The molecule has 0 bridgehead atoms. The lowest BCUT2D eigenvalue weighted by molar-refractivity contribution is 0.111. The predicted molar refractivity (Wildman–Crippen MR) is 181 cm³/mol. The van der Waals surface area contributed by atoms with Crippen molar-refractivity contribution in [2.75, 3.05) is 0 Å². The standard InChI is InChI=1S/C34H16Cl2N4O2S2/c35-29-19(3-1-5-23(29)31-25(13-37-31)33-21-9-7-17(15-41)11-27(21)43-39-33)20-4-2-6-24(30(20)36)32-26(14-38-32)34-22-10-8-18(16-42)12-28(22)44-40-34/h1-16H. The quantitative estimate of drug-likeness (QED) is 0.162. The number of aldehydes is 2. The predicted octanol–water partition coefficient (Wildman–Crippen LogP) is 9.19. The number of carbonyl (C=O) groups excluding carboxylic acids is 2. The van der Waals surface area contributed by atoms with Gasteiger partial charge in [0.1, 0.15) is 12.6 Å². The van der Waals surface area contributed by atoms with E-state index in [-0.39, 0.29) is 0 Å². The van der Waals surface area contributed by atoms with Gasteiger partial charge in [0.15, 0.2) is 0 Å². The number of hydrogen-bond acceptors (Lipinski definition) is 8. The lowest BCUT2D eigenvalue weighted by Gasteiger charge is -2.20. The van der Waals surface area contributed by atoms with E-state index in [4.69, 9.17) is 23.2 Å². The number of carbonyl (C=O) groups is 2. The third-order valence-corrected chi connectivity index (χ3v) is 10.2. The van der Waals surface area contributed by atoms with Crippen LogP contribution < -0.4 is 0 Å². The first-order valence-corrected chi connectivity index (χ1v) is 15.7. The molecule has 44 heavy (non-hydrogen) atoms. The molecule has 0 fully saturated rings. The van der Waals surface area contributed by atoms with Crippen molar-refractivity contribution in [1.82, 2.24) is 8.75 Å². The monoisotopic (exact) mass is 646 g/mol. The maximum atomic E-state index is 11.2. The fourth-order valence-electron chi connectivity index (χ4n) is 5.45. The zero-order valence-corrected chi connectivity index (χ0v) is 25.6. The molecule has 4 heterocycles. The lowest BCUT2D eigenvalue weighted by atomic mass is 9.90. The second-order valence-corrected chi connectivity index (χ2v) is 12.6. The molecule has 4 aromatic carbocycles. The van der Waals surface area contributed by atoms with Crippen molar-refractivity contribution >= 4 is 102 Å². The molecule has 10 heteroatoms. The van der Waals surface area contributed by atoms with Crippen molar-refractivity contribution in [1.29, 1.82) is 0 Å². The Bertz CT molecular complexity index is 2200. The highest BCUT2D eigenvalue weighted by Gasteiger charge is 2.28. The number of aromatic nitrogens is 2. The van der Waals surface area contributed by atoms with Crippen molar-refractivity contribution in [3.8, 4) is 11.1 Å². The van der Waals surface area contributed by atoms with E-state index >= 15 is 0 Å². The van der Waals surface area contributed by atoms with Crippen LogP contribution in [0.3, 0.4) is 0 Å². The Morgan fingerprint density at radius 2 is 1.00 bits per heavy atom. The molecule has 0 N–H and O–H groups in total. The van der Waals surface area contributed by atoms with Gasteiger partial charge >= 0.3 is 0 Å². The molecule has 0 unspecified atom stereocenters. The van der Waals surface area contributed by atoms with E-state index in [9.17, 15) is 9.59 Å². The van der Waals surface area contributed by atoms with Crippen molar-refractivity contribution in [2.24, 2.45) is 9.98 Å². The summed E-state index contributed by atoms with van der Waals surface area (Å²) in [5.41, 5.74) is 9.23. The van der Waals surface area contributed by atoms with Crippen LogP contribution in [-0.4, -0.2) is 32.7 Å². The van der Waals surface area contributed by atoms with Gasteiger partial charge < -0.3 is 0 Å². The molecule has 0 radical (unpaired) electrons. The van der Waals surface area contributed by atoms with Crippen molar-refractivity contribution in [3.63, 3.8) is 0 Å². The van der Waals surface area contributed by atoms with E-state index in [1.165, 1.54) is 23.1 Å². The summed E-state index contributed by atoms with van der Waals surface area (Å²) in [4.78, 5) is 31.6. The summed E-state index contributed by atoms with van der Waals surface area (Å²) in [7, 11) is 0. The zero-order valence-electron chi connectivity index (χ0n) is 22.4. The third kappa shape index (κ3) is 4.14. The Kier molecular flexibility index (Phi) is 6.46. The van der Waals surface area contributed by atoms with Gasteiger partial charge in [-0.15, -0.1) is 0 Å². The van der Waals surface area contributed by atoms with Gasteiger partial charge in [-0.3, -0.25) is 19.6 Å². The smallest absolute Gasteiger partial charge is 0.150 e. The number of fused-ring (bicyclic) bond motifs is 2. The van der Waals surface area contributed by atoms with Gasteiger partial charge in [0.25, 0.3) is 0 Å². The average Bonchev–Trinajstić information content (AvgIpc) is 3.62. The van der Waals surface area contributed by atoms with Gasteiger partial charge in [0, 0.05) is 67.7 Å². The normalized spacial score (nSPS) is 14.0. The first-order valence-electron chi connectivity index (χ1n) is 13.4. The molecule has 2 aromatic heterocycles. The molecule has 0 aliphatic carbocycles. The first-order chi connectivity index (χ1) is 21.6. The molecule has 6 nitrogen and oxygen atoms in total. The Labute approximate surface area is 268 Å². The number of rotatable bonds is 7. The summed E-state index contributed by atoms with van der Waals surface area (Å²) in [5, 5.41) is 2.98. The molecule has 210 valence electrons. The van der Waals surface area contributed by atoms with Crippen LogP contribution in [0.4, 0.5) is 0 Å². The van der Waals surface area contributed by atoms with Crippen LogP contribution in [0.25, 0.3) is 42.4 Å². The highest BCUT2D eigenvalue weighted by molar-refractivity contribution is 7.14. The summed E-state index contributed by atoms with van der Waals surface area (Å²) in [5.74, 6) is 0. The lowest BCUT2D eigenvalue weighted by Crippen LogP contribution is -2.13. The Hall–Kier alpha value is -4.60. The maximum absolute atomic E-state index is 11.2. The molecule has 2 aliphatic heterocycles. The van der Waals surface area contributed by atoms with Crippen LogP contribution >= 0.6 is 46.3 Å². The molecule has 0 amide bonds. The zero-order chi connectivity index (χ0) is 29.9. The molecule has 0 atom stereocenters. The highest BCUT2D eigenvalue weighted by atomic mass is 35.5. The number of allylic oxidation sites excluding steroid dienone is 2. The molecule has 0 spiro atoms. The summed E-state index contributed by atoms with van der Waals surface area (Å²) in [6, 6.07) is 22.7. The topological polar surface area (TPSA) is 84.6 Å². The summed E-state index contributed by atoms with van der Waals surface area (Å²) < 4.78 is 11.2. The van der Waals surface area contributed by atoms with Crippen LogP contribution in [0, 0.1) is 0 Å². The number of hydrogen-bond donors (Lipinski definition) is 0. The van der Waals surface area contributed by atoms with E-state index in [1.807, 2.05) is 60.7 Å². The largest absolute Gasteiger partial charge is 0.298 e. The van der Waals surface area contributed by atoms with Crippen LogP contribution in [0.2, 0.25) is 10.0 Å². The molecular formula is C34H16Cl2N4O2S2. The molecular weight excluding hydrogens is 631 g/mol. The van der Waals surface area contributed by atoms with Gasteiger partial charge in [0.05, 0.1) is 42.3 Å². The van der Waals surface area contributed by atoms with Crippen LogP contribution in [-0.2, 0) is 0 Å². The fraction of sp³-hybridized carbons (Fsp3) is 0. The van der Waals surface area contributed by atoms with Crippen LogP contribution in [0.15, 0.2) is 95.2 Å². The number of benzene rings is 4. The molecule has 0 saturated carbocycles. The van der Waals surface area contributed by atoms with Gasteiger partial charge in [-0.05, 0) is 35.2 Å². The Balaban J connectivity index is 1.13. The first kappa shape index (κ1) is 27.0. The van der Waals surface area contributed by atoms with E-state index < -0.39 is 0 Å². The van der Waals surface area contributed by atoms with Crippen molar-refractivity contribution in [3.05, 3.63) is 129 Å². The second-order valence-electron chi connectivity index (χ2n) is 10.2. The van der Waals surface area contributed by atoms with E-state index in [0.29, 0.717) is 21.2 Å². The minimum atomic E-state index is 0.529. The molecule has 6 aromatic rings. The second kappa shape index (κ2) is 10.5. The Morgan fingerprint density at radius 1 is 0.568 bits per heavy atom. The summed E-state index contributed by atoms with van der Waals surface area (Å²) in [6.07, 6.45) is 5.25. The molecule has 2 aliphatic rings. The average molecular weight is 648 g/mol. The summed E-state index contributed by atoms with van der Waals surface area (Å²) in [6.45, 7) is 0. The van der Waals surface area contributed by atoms with Crippen LogP contribution in [0.1, 0.15) is 43.2 Å². The van der Waals surface area contributed by atoms with Gasteiger partial charge in [0.2, 0.25) is 0 Å². The fourth-order valence-corrected chi connectivity index (χ4v) is 7.76. The minimum Gasteiger partial charge on any atom is -0.298 e. The van der Waals surface area contributed by atoms with E-state index in [0.717, 1.165) is 89.0 Å². The van der Waals surface area contributed by atoms with E-state index in [2.05, 4.69) is 18.7 Å². The number of nitrogens with zero attached hydrogens (tertiary/aromatic N) is 4. The van der Waals surface area contributed by atoms with Crippen molar-refractivity contribution < 1.29 is 9.59 Å². The highest BCUT2D eigenvalue weighted by Crippen LogP contribution is 2.43. The van der Waals surface area contributed by atoms with E-state index in [1.54, 1.807) is 24.5 Å². The Morgan fingerprint density at radius 3 is 1.39 bits per heavy atom. The number of halogens is 2. The van der Waals surface area contributed by atoms with Gasteiger partial charge in [-0.1, -0.05) is 83.9 Å². The van der Waals surface area contributed by atoms with Crippen LogP contribution in [0.5, 0.6) is 0 Å². The minimum absolute atomic E-state index is 0.529. The maximum Gasteiger partial charge on any atom is 0.150 e. The number of aliphatic imine (C=N–C) groups is 2.